The zero-order valence-electron chi connectivity index (χ0n) is 18.1. The third-order valence-electron chi connectivity index (χ3n) is 5.62. The molecular formula is C22H28N6O3S. The van der Waals surface area contributed by atoms with Crippen molar-refractivity contribution in [3.8, 4) is 16.6 Å². The fourth-order valence-electron chi connectivity index (χ4n) is 3.78. The monoisotopic (exact) mass is 456 g/mol. The molecule has 32 heavy (non-hydrogen) atoms. The van der Waals surface area contributed by atoms with Gasteiger partial charge in [0.1, 0.15) is 12.1 Å². The van der Waals surface area contributed by atoms with E-state index in [0.29, 0.717) is 19.6 Å². The van der Waals surface area contributed by atoms with Gasteiger partial charge in [-0.05, 0) is 37.9 Å². The summed E-state index contributed by atoms with van der Waals surface area (Å²) in [4.78, 5) is 22.9. The SMILES string of the molecule is CO[C@@H]1CCNC[C@@H](C(=O)N[C@H](C#N)Cc2ncc(-c3ccc4c(n3)CCCN4)s2)OC1. The quantitative estimate of drug-likeness (QED) is 0.598. The van der Waals surface area contributed by atoms with Gasteiger partial charge < -0.3 is 25.4 Å². The predicted molar refractivity (Wildman–Crippen MR) is 121 cm³/mol. The molecule has 1 amide bonds. The number of carbonyl (C=O) groups is 1. The zero-order valence-corrected chi connectivity index (χ0v) is 18.9. The summed E-state index contributed by atoms with van der Waals surface area (Å²) in [5.74, 6) is -0.304. The molecule has 10 heteroatoms. The van der Waals surface area contributed by atoms with Crippen LogP contribution in [0.25, 0.3) is 10.6 Å². The number of hydrogen-bond acceptors (Lipinski definition) is 9. The number of methoxy groups -OCH3 is 1. The van der Waals surface area contributed by atoms with Crippen LogP contribution in [-0.4, -0.2) is 67.5 Å². The minimum atomic E-state index is -0.686. The van der Waals surface area contributed by atoms with Gasteiger partial charge in [-0.3, -0.25) is 4.79 Å². The molecule has 2 aliphatic rings. The summed E-state index contributed by atoms with van der Waals surface area (Å²) in [6.07, 6.45) is 4.28. The average molecular weight is 457 g/mol. The Bertz CT molecular complexity index is 975. The van der Waals surface area contributed by atoms with Gasteiger partial charge in [0.15, 0.2) is 0 Å². The van der Waals surface area contributed by atoms with E-state index in [1.54, 1.807) is 13.3 Å². The van der Waals surface area contributed by atoms with Gasteiger partial charge in [0, 0.05) is 32.8 Å². The lowest BCUT2D eigenvalue weighted by Gasteiger charge is -2.25. The molecule has 0 bridgehead atoms. The Morgan fingerprint density at radius 3 is 3.22 bits per heavy atom. The Kier molecular flexibility index (Phi) is 7.65. The van der Waals surface area contributed by atoms with Gasteiger partial charge in [-0.15, -0.1) is 11.3 Å². The van der Waals surface area contributed by atoms with Gasteiger partial charge in [-0.2, -0.15) is 5.26 Å². The van der Waals surface area contributed by atoms with Gasteiger partial charge >= 0.3 is 0 Å². The number of rotatable bonds is 6. The maximum atomic E-state index is 12.7. The molecule has 3 atom stereocenters. The van der Waals surface area contributed by atoms with Crippen molar-refractivity contribution < 1.29 is 14.3 Å². The van der Waals surface area contributed by atoms with Crippen LogP contribution in [0.3, 0.4) is 0 Å². The Morgan fingerprint density at radius 2 is 2.38 bits per heavy atom. The summed E-state index contributed by atoms with van der Waals surface area (Å²) in [7, 11) is 1.63. The fourth-order valence-corrected chi connectivity index (χ4v) is 4.71. The number of aromatic nitrogens is 2. The number of aryl methyl sites for hydroxylation is 1. The first kappa shape index (κ1) is 22.6. The van der Waals surface area contributed by atoms with Gasteiger partial charge in [0.25, 0.3) is 5.91 Å². The summed E-state index contributed by atoms with van der Waals surface area (Å²) >= 11 is 1.50. The number of nitrogens with one attached hydrogen (secondary N) is 3. The highest BCUT2D eigenvalue weighted by molar-refractivity contribution is 7.15. The van der Waals surface area contributed by atoms with Crippen LogP contribution in [-0.2, 0) is 27.1 Å². The van der Waals surface area contributed by atoms with Crippen molar-refractivity contribution >= 4 is 22.9 Å². The first-order valence-electron chi connectivity index (χ1n) is 10.9. The second kappa shape index (κ2) is 10.8. The second-order valence-corrected chi connectivity index (χ2v) is 9.02. The van der Waals surface area contributed by atoms with Crippen LogP contribution in [0.1, 0.15) is 23.5 Å². The van der Waals surface area contributed by atoms with Crippen LogP contribution in [0.15, 0.2) is 18.3 Å². The minimum absolute atomic E-state index is 0.0495. The molecule has 0 saturated carbocycles. The van der Waals surface area contributed by atoms with Crippen molar-refractivity contribution in [2.75, 3.05) is 38.7 Å². The molecule has 170 valence electrons. The molecule has 2 aromatic heterocycles. The Labute approximate surface area is 191 Å². The van der Waals surface area contributed by atoms with Crippen molar-refractivity contribution in [2.24, 2.45) is 0 Å². The summed E-state index contributed by atoms with van der Waals surface area (Å²) in [6.45, 7) is 2.49. The largest absolute Gasteiger partial charge is 0.384 e. The van der Waals surface area contributed by atoms with Crippen LogP contribution in [0, 0.1) is 11.3 Å². The van der Waals surface area contributed by atoms with E-state index in [0.717, 1.165) is 59.3 Å². The molecule has 9 nitrogen and oxygen atoms in total. The predicted octanol–water partition coefficient (Wildman–Crippen LogP) is 1.51. The Balaban J connectivity index is 1.36. The smallest absolute Gasteiger partial charge is 0.251 e. The normalized spacial score (nSPS) is 21.9. The van der Waals surface area contributed by atoms with E-state index < -0.39 is 12.1 Å². The van der Waals surface area contributed by atoms with Crippen molar-refractivity contribution in [3.05, 3.63) is 29.0 Å². The molecule has 0 aromatic carbocycles. The molecule has 2 aromatic rings. The highest BCUT2D eigenvalue weighted by atomic mass is 32.1. The molecule has 0 spiro atoms. The van der Waals surface area contributed by atoms with Crippen molar-refractivity contribution in [2.45, 2.75) is 43.9 Å². The van der Waals surface area contributed by atoms with E-state index in [-0.39, 0.29) is 12.0 Å². The highest BCUT2D eigenvalue weighted by Crippen LogP contribution is 2.29. The van der Waals surface area contributed by atoms with E-state index >= 15 is 0 Å². The molecule has 3 N–H and O–H groups in total. The summed E-state index contributed by atoms with van der Waals surface area (Å²) < 4.78 is 11.1. The number of ether oxygens (including phenoxy) is 2. The molecule has 2 aliphatic heterocycles. The topological polar surface area (TPSA) is 121 Å². The number of anilines is 1. The first-order chi connectivity index (χ1) is 15.7. The van der Waals surface area contributed by atoms with Crippen LogP contribution in [0.5, 0.6) is 0 Å². The number of fused-ring (bicyclic) bond motifs is 1. The number of amides is 1. The van der Waals surface area contributed by atoms with Crippen LogP contribution in [0.4, 0.5) is 5.69 Å². The van der Waals surface area contributed by atoms with Crippen LogP contribution < -0.4 is 16.0 Å². The number of nitriles is 1. The zero-order chi connectivity index (χ0) is 22.3. The molecule has 0 unspecified atom stereocenters. The van der Waals surface area contributed by atoms with Gasteiger partial charge in [-0.1, -0.05) is 0 Å². The lowest BCUT2D eigenvalue weighted by Crippen LogP contribution is -2.49. The Hall–Kier alpha value is -2.58. The number of nitrogens with zero attached hydrogens (tertiary/aromatic N) is 3. The second-order valence-electron chi connectivity index (χ2n) is 7.91. The van der Waals surface area contributed by atoms with E-state index in [2.05, 4.69) is 33.1 Å². The molecular weight excluding hydrogens is 428 g/mol. The first-order valence-corrected chi connectivity index (χ1v) is 11.7. The number of thiazole rings is 1. The third-order valence-corrected chi connectivity index (χ3v) is 6.66. The van der Waals surface area contributed by atoms with E-state index in [4.69, 9.17) is 14.5 Å². The molecule has 1 fully saturated rings. The van der Waals surface area contributed by atoms with Gasteiger partial charge in [0.05, 0.1) is 45.7 Å². The van der Waals surface area contributed by atoms with Crippen molar-refractivity contribution in [1.82, 2.24) is 20.6 Å². The summed E-state index contributed by atoms with van der Waals surface area (Å²) in [5.41, 5.74) is 3.06. The van der Waals surface area contributed by atoms with Crippen LogP contribution >= 0.6 is 11.3 Å². The van der Waals surface area contributed by atoms with Crippen molar-refractivity contribution in [3.63, 3.8) is 0 Å². The number of hydrogen-bond donors (Lipinski definition) is 3. The van der Waals surface area contributed by atoms with Crippen molar-refractivity contribution in [1.29, 1.82) is 5.26 Å². The fraction of sp³-hybridized carbons (Fsp3) is 0.545. The Morgan fingerprint density at radius 1 is 1.47 bits per heavy atom. The van der Waals surface area contributed by atoms with Gasteiger partial charge in [-0.25, -0.2) is 9.97 Å². The third kappa shape index (κ3) is 5.61. The number of carbonyl (C=O) groups excluding carboxylic acids is 1. The molecule has 1 saturated heterocycles. The lowest BCUT2D eigenvalue weighted by molar-refractivity contribution is -0.136. The maximum absolute atomic E-state index is 12.7. The average Bonchev–Trinajstić information content (AvgIpc) is 3.27. The molecule has 4 rings (SSSR count). The van der Waals surface area contributed by atoms with E-state index in [1.807, 2.05) is 6.07 Å². The summed E-state index contributed by atoms with van der Waals surface area (Å²) in [6, 6.07) is 5.53. The molecule has 0 aliphatic carbocycles. The van der Waals surface area contributed by atoms with Gasteiger partial charge in [0.2, 0.25) is 0 Å². The molecule has 4 heterocycles. The minimum Gasteiger partial charge on any atom is -0.384 e. The van der Waals surface area contributed by atoms with E-state index in [1.165, 1.54) is 11.3 Å². The lowest BCUT2D eigenvalue weighted by atomic mass is 10.1. The molecule has 0 radical (unpaired) electrons. The van der Waals surface area contributed by atoms with E-state index in [9.17, 15) is 10.1 Å². The van der Waals surface area contributed by atoms with Crippen LogP contribution in [0.2, 0.25) is 0 Å². The summed E-state index contributed by atoms with van der Waals surface area (Å²) in [5, 5.41) is 19.7. The highest BCUT2D eigenvalue weighted by Gasteiger charge is 2.26. The number of pyridine rings is 1. The maximum Gasteiger partial charge on any atom is 0.251 e. The standard InChI is InChI=1S/C22H28N6O3S/c1-30-15-6-8-24-11-19(31-13-15)22(29)27-14(10-23)9-21-26-12-20(32-21)18-5-4-16-17(28-18)3-2-7-25-16/h4-5,12,14-15,19,24-25H,2-3,6-9,11,13H2,1H3,(H,27,29)/t14-,15+,19-/m0/s1.